The second-order valence-electron chi connectivity index (χ2n) is 8.41. The van der Waals surface area contributed by atoms with Gasteiger partial charge >= 0.3 is 5.97 Å². The average molecular weight is 370 g/mol. The van der Waals surface area contributed by atoms with Gasteiger partial charge in [0.15, 0.2) is 0 Å². The van der Waals surface area contributed by atoms with Crippen LogP contribution in [0.3, 0.4) is 0 Å². The summed E-state index contributed by atoms with van der Waals surface area (Å²) >= 11 is 0. The number of aryl methyl sites for hydroxylation is 1. The number of nitrogens with one attached hydrogen (secondary N) is 1. The van der Waals surface area contributed by atoms with Crippen LogP contribution in [-0.2, 0) is 9.53 Å². The first-order valence-corrected chi connectivity index (χ1v) is 9.24. The predicted octanol–water partition coefficient (Wildman–Crippen LogP) is 5.52. The lowest BCUT2D eigenvalue weighted by atomic mass is 9.79. The van der Waals surface area contributed by atoms with Crippen molar-refractivity contribution in [2.45, 2.75) is 53.2 Å². The second-order valence-corrected chi connectivity index (χ2v) is 8.41. The Labute approximate surface area is 162 Å². The van der Waals surface area contributed by atoms with Crippen LogP contribution in [0.25, 0.3) is 0 Å². The molecule has 2 rings (SSSR count). The van der Waals surface area contributed by atoms with Gasteiger partial charge in [-0.3, -0.25) is 4.79 Å². The first-order chi connectivity index (χ1) is 12.5. The minimum absolute atomic E-state index is 0.247. The van der Waals surface area contributed by atoms with Gasteiger partial charge in [0.1, 0.15) is 11.4 Å². The molecule has 0 saturated heterocycles. The molecule has 4 nitrogen and oxygen atoms in total. The van der Waals surface area contributed by atoms with E-state index in [1.54, 1.807) is 7.11 Å². The number of hydrogen-bond acceptors (Lipinski definition) is 4. The highest BCUT2D eigenvalue weighted by molar-refractivity contribution is 5.78. The number of esters is 1. The van der Waals surface area contributed by atoms with E-state index in [-0.39, 0.29) is 12.0 Å². The Balaban J connectivity index is 2.46. The summed E-state index contributed by atoms with van der Waals surface area (Å²) in [6.45, 7) is 11.5. The van der Waals surface area contributed by atoms with Crippen molar-refractivity contribution in [3.05, 3.63) is 59.7 Å². The van der Waals surface area contributed by atoms with Crippen molar-refractivity contribution >= 4 is 11.7 Å². The summed E-state index contributed by atoms with van der Waals surface area (Å²) < 4.78 is 11.2. The van der Waals surface area contributed by atoms with Gasteiger partial charge in [-0.05, 0) is 59.2 Å². The van der Waals surface area contributed by atoms with E-state index in [1.165, 1.54) is 5.56 Å². The number of anilines is 1. The first-order valence-electron chi connectivity index (χ1n) is 9.24. The number of benzene rings is 2. The van der Waals surface area contributed by atoms with Crippen molar-refractivity contribution in [2.75, 3.05) is 12.4 Å². The summed E-state index contributed by atoms with van der Waals surface area (Å²) in [5.74, 6) is 0.484. The van der Waals surface area contributed by atoms with Gasteiger partial charge in [0.2, 0.25) is 0 Å². The van der Waals surface area contributed by atoms with E-state index in [4.69, 9.17) is 9.47 Å². The molecule has 27 heavy (non-hydrogen) atoms. The maximum Gasteiger partial charge on any atom is 0.314 e. The van der Waals surface area contributed by atoms with Gasteiger partial charge in [-0.1, -0.05) is 42.0 Å². The maximum absolute atomic E-state index is 13.0. The van der Waals surface area contributed by atoms with Crippen LogP contribution < -0.4 is 10.1 Å². The van der Waals surface area contributed by atoms with Gasteiger partial charge in [0.25, 0.3) is 0 Å². The van der Waals surface area contributed by atoms with Crippen LogP contribution >= 0.6 is 0 Å². The zero-order chi connectivity index (χ0) is 20.2. The Kier molecular flexibility index (Phi) is 6.19. The lowest BCUT2D eigenvalue weighted by Gasteiger charge is -2.36. The van der Waals surface area contributed by atoms with E-state index in [0.717, 1.165) is 17.0 Å². The second kappa shape index (κ2) is 8.03. The molecular weight excluding hydrogens is 338 g/mol. The van der Waals surface area contributed by atoms with Gasteiger partial charge in [-0.15, -0.1) is 0 Å². The van der Waals surface area contributed by atoms with Crippen LogP contribution in [0.1, 0.15) is 51.8 Å². The van der Waals surface area contributed by atoms with Gasteiger partial charge in [-0.2, -0.15) is 0 Å². The van der Waals surface area contributed by atoms with Crippen molar-refractivity contribution in [3.8, 4) is 5.75 Å². The fraction of sp³-hybridized carbons (Fsp3) is 0.435. The molecular formula is C23H31NO3. The molecule has 0 fully saturated rings. The Morgan fingerprint density at radius 1 is 0.963 bits per heavy atom. The Hall–Kier alpha value is -2.49. The average Bonchev–Trinajstić information content (AvgIpc) is 2.59. The van der Waals surface area contributed by atoms with E-state index in [1.807, 2.05) is 65.8 Å². The van der Waals surface area contributed by atoms with E-state index < -0.39 is 11.0 Å². The molecule has 0 amide bonds. The van der Waals surface area contributed by atoms with E-state index in [2.05, 4.69) is 29.6 Å². The van der Waals surface area contributed by atoms with Crippen molar-refractivity contribution in [1.29, 1.82) is 0 Å². The summed E-state index contributed by atoms with van der Waals surface area (Å²) in [5.41, 5.74) is 1.68. The van der Waals surface area contributed by atoms with Crippen molar-refractivity contribution in [2.24, 2.45) is 5.41 Å². The van der Waals surface area contributed by atoms with Crippen LogP contribution in [0.15, 0.2) is 48.5 Å². The zero-order valence-corrected chi connectivity index (χ0v) is 17.4. The molecule has 2 aromatic carbocycles. The minimum Gasteiger partial charge on any atom is -0.495 e. The molecule has 0 spiro atoms. The smallest absolute Gasteiger partial charge is 0.314 e. The molecule has 0 aliphatic carbocycles. The van der Waals surface area contributed by atoms with Crippen LogP contribution in [0.2, 0.25) is 0 Å². The summed E-state index contributed by atoms with van der Waals surface area (Å²) in [5, 5.41) is 3.52. The van der Waals surface area contributed by atoms with E-state index in [0.29, 0.717) is 0 Å². The standard InChI is InChI=1S/C23H31NO3/c1-16-12-14-17(15-13-16)20(23(5,6)21(25)27-22(2,3)4)24-18-10-8-9-11-19(18)26-7/h8-15,20,24H,1-7H3. The molecule has 1 N–H and O–H groups in total. The monoisotopic (exact) mass is 369 g/mol. The maximum atomic E-state index is 13.0. The van der Waals surface area contributed by atoms with E-state index >= 15 is 0 Å². The largest absolute Gasteiger partial charge is 0.495 e. The fourth-order valence-electron chi connectivity index (χ4n) is 2.89. The van der Waals surface area contributed by atoms with Crippen LogP contribution in [0.4, 0.5) is 5.69 Å². The summed E-state index contributed by atoms with van der Waals surface area (Å²) in [4.78, 5) is 13.0. The normalized spacial score (nSPS) is 13.0. The van der Waals surface area contributed by atoms with Gasteiger partial charge < -0.3 is 14.8 Å². The SMILES string of the molecule is COc1ccccc1NC(c1ccc(C)cc1)C(C)(C)C(=O)OC(C)(C)C. The highest BCUT2D eigenvalue weighted by Crippen LogP contribution is 2.40. The van der Waals surface area contributed by atoms with Crippen LogP contribution in [0, 0.1) is 12.3 Å². The molecule has 0 aliphatic rings. The lowest BCUT2D eigenvalue weighted by molar-refractivity contribution is -0.166. The van der Waals surface area contributed by atoms with Gasteiger partial charge in [0, 0.05) is 0 Å². The molecule has 146 valence electrons. The number of para-hydroxylation sites is 2. The number of ether oxygens (including phenoxy) is 2. The first kappa shape index (κ1) is 20.8. The Bertz CT molecular complexity index is 773. The number of hydrogen-bond donors (Lipinski definition) is 1. The molecule has 1 unspecified atom stereocenters. The number of carbonyl (C=O) groups excluding carboxylic acids is 1. The van der Waals surface area contributed by atoms with Crippen LogP contribution in [0.5, 0.6) is 5.75 Å². The molecule has 0 aliphatic heterocycles. The molecule has 0 heterocycles. The molecule has 0 aromatic heterocycles. The highest BCUT2D eigenvalue weighted by Gasteiger charge is 2.41. The number of methoxy groups -OCH3 is 1. The molecule has 2 aromatic rings. The highest BCUT2D eigenvalue weighted by atomic mass is 16.6. The predicted molar refractivity (Wildman–Crippen MR) is 110 cm³/mol. The third kappa shape index (κ3) is 5.25. The fourth-order valence-corrected chi connectivity index (χ4v) is 2.89. The zero-order valence-electron chi connectivity index (χ0n) is 17.4. The molecule has 1 atom stereocenters. The Morgan fingerprint density at radius 3 is 2.11 bits per heavy atom. The van der Waals surface area contributed by atoms with Crippen molar-refractivity contribution in [1.82, 2.24) is 0 Å². The number of carbonyl (C=O) groups is 1. The van der Waals surface area contributed by atoms with Crippen molar-refractivity contribution in [3.63, 3.8) is 0 Å². The summed E-state index contributed by atoms with van der Waals surface area (Å²) in [7, 11) is 1.64. The Morgan fingerprint density at radius 2 is 1.56 bits per heavy atom. The molecule has 0 bridgehead atoms. The van der Waals surface area contributed by atoms with Crippen LogP contribution in [-0.4, -0.2) is 18.7 Å². The molecule has 4 heteroatoms. The quantitative estimate of drug-likeness (QED) is 0.681. The van der Waals surface area contributed by atoms with Gasteiger partial charge in [-0.25, -0.2) is 0 Å². The van der Waals surface area contributed by atoms with Gasteiger partial charge in [0.05, 0.1) is 24.3 Å². The lowest BCUT2D eigenvalue weighted by Crippen LogP contribution is -2.40. The third-order valence-electron chi connectivity index (χ3n) is 4.46. The molecule has 0 saturated carbocycles. The summed E-state index contributed by atoms with van der Waals surface area (Å²) in [6.07, 6.45) is 0. The minimum atomic E-state index is -0.802. The molecule has 0 radical (unpaired) electrons. The van der Waals surface area contributed by atoms with E-state index in [9.17, 15) is 4.79 Å². The third-order valence-corrected chi connectivity index (χ3v) is 4.46. The summed E-state index contributed by atoms with van der Waals surface area (Å²) in [6, 6.07) is 15.6. The van der Waals surface area contributed by atoms with Crippen molar-refractivity contribution < 1.29 is 14.3 Å². The number of rotatable bonds is 6. The topological polar surface area (TPSA) is 47.6 Å².